The molecule has 0 spiro atoms. The number of rotatable bonds is 7. The van der Waals surface area contributed by atoms with Gasteiger partial charge in [0.1, 0.15) is 0 Å². The molecule has 1 aliphatic heterocycles. The van der Waals surface area contributed by atoms with Crippen LogP contribution in [0.2, 0.25) is 0 Å². The number of piperidine rings is 1. The van der Waals surface area contributed by atoms with Gasteiger partial charge in [0.2, 0.25) is 0 Å². The number of nitrogens with zero attached hydrogens (tertiary/aromatic N) is 1. The highest BCUT2D eigenvalue weighted by molar-refractivity contribution is 5.55. The highest BCUT2D eigenvalue weighted by Crippen LogP contribution is 2.29. The van der Waals surface area contributed by atoms with Crippen molar-refractivity contribution in [3.05, 3.63) is 29.8 Å². The fourth-order valence-corrected chi connectivity index (χ4v) is 3.14. The predicted octanol–water partition coefficient (Wildman–Crippen LogP) is 3.75. The average molecular weight is 290 g/mol. The first-order valence-corrected chi connectivity index (χ1v) is 8.45. The van der Waals surface area contributed by atoms with Gasteiger partial charge in [-0.2, -0.15) is 0 Å². The molecule has 3 heteroatoms. The number of hydrogen-bond donors (Lipinski definition) is 1. The molecule has 1 fully saturated rings. The average Bonchev–Trinajstić information content (AvgIpc) is 2.53. The minimum absolute atomic E-state index is 0.385. The van der Waals surface area contributed by atoms with Gasteiger partial charge in [0, 0.05) is 31.4 Å². The normalized spacial score (nSPS) is 20.5. The van der Waals surface area contributed by atoms with Gasteiger partial charge in [-0.25, -0.2) is 0 Å². The summed E-state index contributed by atoms with van der Waals surface area (Å²) in [6.45, 7) is 10.6. The monoisotopic (exact) mass is 290 g/mol. The van der Waals surface area contributed by atoms with Crippen molar-refractivity contribution < 1.29 is 4.74 Å². The molecule has 0 aliphatic carbocycles. The lowest BCUT2D eigenvalue weighted by molar-refractivity contribution is 0.0526. The summed E-state index contributed by atoms with van der Waals surface area (Å²) in [6, 6.07) is 9.21. The molecule has 0 bridgehead atoms. The van der Waals surface area contributed by atoms with E-state index in [1.165, 1.54) is 30.5 Å². The van der Waals surface area contributed by atoms with Gasteiger partial charge in [0.15, 0.2) is 0 Å². The number of hydrogen-bond acceptors (Lipinski definition) is 3. The topological polar surface area (TPSA) is 24.5 Å². The van der Waals surface area contributed by atoms with Crippen molar-refractivity contribution in [1.82, 2.24) is 5.32 Å². The first-order valence-electron chi connectivity index (χ1n) is 8.45. The molecule has 0 aromatic heterocycles. The van der Waals surface area contributed by atoms with Crippen molar-refractivity contribution in [2.45, 2.75) is 52.2 Å². The summed E-state index contributed by atoms with van der Waals surface area (Å²) >= 11 is 0. The quantitative estimate of drug-likeness (QED) is 0.827. The third kappa shape index (κ3) is 4.45. The molecule has 2 atom stereocenters. The molecule has 0 radical (unpaired) electrons. The Morgan fingerprint density at radius 1 is 1.33 bits per heavy atom. The van der Waals surface area contributed by atoms with Gasteiger partial charge in [-0.3, -0.25) is 0 Å². The smallest absolute Gasteiger partial charge is 0.0750 e. The molecule has 2 rings (SSSR count). The van der Waals surface area contributed by atoms with Crippen LogP contribution >= 0.6 is 0 Å². The Morgan fingerprint density at radius 2 is 2.14 bits per heavy atom. The molecule has 1 aromatic carbocycles. The van der Waals surface area contributed by atoms with Crippen LogP contribution in [0.15, 0.2) is 24.3 Å². The van der Waals surface area contributed by atoms with Crippen LogP contribution in [0.4, 0.5) is 5.69 Å². The molecule has 21 heavy (non-hydrogen) atoms. The number of anilines is 1. The van der Waals surface area contributed by atoms with Gasteiger partial charge in [-0.05, 0) is 51.3 Å². The van der Waals surface area contributed by atoms with Crippen molar-refractivity contribution >= 4 is 5.69 Å². The molecule has 118 valence electrons. The Balaban J connectivity index is 2.11. The van der Waals surface area contributed by atoms with Crippen molar-refractivity contribution in [2.24, 2.45) is 0 Å². The molecule has 1 aliphatic rings. The van der Waals surface area contributed by atoms with Gasteiger partial charge < -0.3 is 15.0 Å². The van der Waals surface area contributed by atoms with E-state index >= 15 is 0 Å². The molecule has 3 nitrogen and oxygen atoms in total. The van der Waals surface area contributed by atoms with Crippen molar-refractivity contribution in [1.29, 1.82) is 0 Å². The van der Waals surface area contributed by atoms with E-state index in [0.29, 0.717) is 12.1 Å². The van der Waals surface area contributed by atoms with Gasteiger partial charge in [0.05, 0.1) is 6.10 Å². The largest absolute Gasteiger partial charge is 0.377 e. The lowest BCUT2D eigenvalue weighted by Gasteiger charge is -2.36. The molecule has 2 unspecified atom stereocenters. The van der Waals surface area contributed by atoms with E-state index in [1.807, 2.05) is 0 Å². The Morgan fingerprint density at radius 3 is 2.90 bits per heavy atom. The lowest BCUT2D eigenvalue weighted by atomic mass is 10.0. The zero-order valence-electron chi connectivity index (χ0n) is 13.8. The lowest BCUT2D eigenvalue weighted by Crippen LogP contribution is -2.40. The van der Waals surface area contributed by atoms with Crippen LogP contribution in [-0.4, -0.2) is 32.3 Å². The summed E-state index contributed by atoms with van der Waals surface area (Å²) in [5.41, 5.74) is 2.78. The second-order valence-electron chi connectivity index (χ2n) is 5.90. The highest BCUT2D eigenvalue weighted by atomic mass is 16.5. The number of nitrogens with one attached hydrogen (secondary N) is 1. The van der Waals surface area contributed by atoms with Crippen LogP contribution in [0.5, 0.6) is 0 Å². The minimum Gasteiger partial charge on any atom is -0.377 e. The van der Waals surface area contributed by atoms with Crippen LogP contribution < -0.4 is 10.2 Å². The Kier molecular flexibility index (Phi) is 6.52. The number of para-hydroxylation sites is 1. The van der Waals surface area contributed by atoms with E-state index < -0.39 is 0 Å². The third-order valence-electron chi connectivity index (χ3n) is 4.22. The molecule has 1 N–H and O–H groups in total. The van der Waals surface area contributed by atoms with E-state index in [4.69, 9.17) is 4.74 Å². The number of ether oxygens (including phenoxy) is 1. The van der Waals surface area contributed by atoms with Crippen LogP contribution in [0.3, 0.4) is 0 Å². The van der Waals surface area contributed by atoms with E-state index in [9.17, 15) is 0 Å². The Labute approximate surface area is 129 Å². The number of benzene rings is 1. The van der Waals surface area contributed by atoms with Crippen molar-refractivity contribution in [2.75, 3.05) is 31.1 Å². The summed E-state index contributed by atoms with van der Waals surface area (Å²) < 4.78 is 5.84. The van der Waals surface area contributed by atoms with E-state index in [-0.39, 0.29) is 0 Å². The van der Waals surface area contributed by atoms with E-state index in [2.05, 4.69) is 55.3 Å². The standard InChI is InChI=1S/C18H30N2O/c1-4-12-19-15(3)17-10-6-7-11-18(17)20-13-8-9-16(14-20)21-5-2/h6-7,10-11,15-16,19H,4-5,8-9,12-14H2,1-3H3. The van der Waals surface area contributed by atoms with Crippen molar-refractivity contribution in [3.8, 4) is 0 Å². The molecule has 0 saturated carbocycles. The Hall–Kier alpha value is -1.06. The predicted molar refractivity (Wildman–Crippen MR) is 90.0 cm³/mol. The van der Waals surface area contributed by atoms with E-state index in [1.54, 1.807) is 0 Å². The maximum absolute atomic E-state index is 5.84. The fraction of sp³-hybridized carbons (Fsp3) is 0.667. The summed E-state index contributed by atoms with van der Waals surface area (Å²) in [7, 11) is 0. The van der Waals surface area contributed by atoms with Crippen LogP contribution in [0, 0.1) is 0 Å². The maximum Gasteiger partial charge on any atom is 0.0750 e. The molecular weight excluding hydrogens is 260 g/mol. The molecule has 0 amide bonds. The maximum atomic E-state index is 5.84. The van der Waals surface area contributed by atoms with Crippen LogP contribution in [0.25, 0.3) is 0 Å². The third-order valence-corrected chi connectivity index (χ3v) is 4.22. The summed E-state index contributed by atoms with van der Waals surface area (Å²) in [6.07, 6.45) is 3.96. The molecule has 1 saturated heterocycles. The van der Waals surface area contributed by atoms with Crippen molar-refractivity contribution in [3.63, 3.8) is 0 Å². The van der Waals surface area contributed by atoms with Gasteiger partial charge >= 0.3 is 0 Å². The van der Waals surface area contributed by atoms with Gasteiger partial charge in [-0.1, -0.05) is 25.1 Å². The SMILES string of the molecule is CCCNC(C)c1ccccc1N1CCCC(OCC)C1. The fourth-order valence-electron chi connectivity index (χ4n) is 3.14. The van der Waals surface area contributed by atoms with Crippen LogP contribution in [-0.2, 0) is 4.74 Å². The second-order valence-corrected chi connectivity index (χ2v) is 5.90. The summed E-state index contributed by atoms with van der Waals surface area (Å²) in [5.74, 6) is 0. The molecule has 1 aromatic rings. The van der Waals surface area contributed by atoms with Crippen LogP contribution in [0.1, 0.15) is 51.6 Å². The first-order chi connectivity index (χ1) is 10.3. The zero-order chi connectivity index (χ0) is 15.1. The zero-order valence-corrected chi connectivity index (χ0v) is 13.8. The highest BCUT2D eigenvalue weighted by Gasteiger charge is 2.22. The molecule has 1 heterocycles. The minimum atomic E-state index is 0.385. The Bertz CT molecular complexity index is 419. The summed E-state index contributed by atoms with van der Waals surface area (Å²) in [4.78, 5) is 2.50. The van der Waals surface area contributed by atoms with E-state index in [0.717, 1.165) is 26.2 Å². The summed E-state index contributed by atoms with van der Waals surface area (Å²) in [5, 5.41) is 3.61. The first kappa shape index (κ1) is 16.3. The molecular formula is C18H30N2O. The van der Waals surface area contributed by atoms with Gasteiger partial charge in [0.25, 0.3) is 0 Å². The van der Waals surface area contributed by atoms with Gasteiger partial charge in [-0.15, -0.1) is 0 Å². The second kappa shape index (κ2) is 8.40.